The molecule has 5 rings (SSSR count). The molecule has 0 aromatic heterocycles. The zero-order valence-electron chi connectivity index (χ0n) is 20.8. The lowest BCUT2D eigenvalue weighted by Crippen LogP contribution is -2.39. The fourth-order valence-electron chi connectivity index (χ4n) is 5.39. The van der Waals surface area contributed by atoms with Crippen molar-refractivity contribution in [2.45, 2.75) is 45.5 Å². The van der Waals surface area contributed by atoms with Crippen LogP contribution in [0.3, 0.4) is 0 Å². The first-order chi connectivity index (χ1) is 17.3. The first-order valence-corrected chi connectivity index (χ1v) is 13.8. The van der Waals surface area contributed by atoms with Gasteiger partial charge in [-0.15, -0.1) is 11.8 Å². The fourth-order valence-corrected chi connectivity index (χ4v) is 7.68. The van der Waals surface area contributed by atoms with E-state index in [9.17, 15) is 9.90 Å². The third-order valence-electron chi connectivity index (χ3n) is 7.23. The van der Waals surface area contributed by atoms with Gasteiger partial charge in [-0.3, -0.25) is 0 Å². The van der Waals surface area contributed by atoms with Crippen molar-refractivity contribution < 1.29 is 14.6 Å². The number of aryl methyl sites for hydroxylation is 2. The molecule has 0 bridgehead atoms. The molecule has 0 amide bonds. The summed E-state index contributed by atoms with van der Waals surface area (Å²) in [5.41, 5.74) is 6.75. The highest BCUT2D eigenvalue weighted by molar-refractivity contribution is 9.15. The predicted octanol–water partition coefficient (Wildman–Crippen LogP) is 6.12. The summed E-state index contributed by atoms with van der Waals surface area (Å²) in [6.45, 7) is 8.49. The van der Waals surface area contributed by atoms with Crippen molar-refractivity contribution in [3.05, 3.63) is 110 Å². The summed E-state index contributed by atoms with van der Waals surface area (Å²) in [5.74, 6) is -0.0187. The number of hydrogen-bond donors (Lipinski definition) is 1. The van der Waals surface area contributed by atoms with E-state index in [-0.39, 0.29) is 5.92 Å². The van der Waals surface area contributed by atoms with E-state index in [2.05, 4.69) is 66.2 Å². The molecule has 3 aromatic carbocycles. The van der Waals surface area contributed by atoms with Crippen molar-refractivity contribution in [3.8, 4) is 5.75 Å². The summed E-state index contributed by atoms with van der Waals surface area (Å²) < 4.78 is 7.42. The molecule has 0 radical (unpaired) electrons. The van der Waals surface area contributed by atoms with E-state index in [0.717, 1.165) is 16.7 Å². The van der Waals surface area contributed by atoms with E-state index < -0.39 is 12.1 Å². The summed E-state index contributed by atoms with van der Waals surface area (Å²) in [7, 11) is 0. The largest absolute Gasteiger partial charge is 0.478 e. The second-order valence-electron chi connectivity index (χ2n) is 9.64. The number of benzene rings is 3. The molecule has 5 heteroatoms. The number of allylic oxidation sites excluding steroid dienone is 2. The van der Waals surface area contributed by atoms with Crippen molar-refractivity contribution in [2.24, 2.45) is 5.92 Å². The highest BCUT2D eigenvalue weighted by Crippen LogP contribution is 2.52. The van der Waals surface area contributed by atoms with Crippen molar-refractivity contribution >= 4 is 43.7 Å². The van der Waals surface area contributed by atoms with Crippen LogP contribution in [0.25, 0.3) is 10.1 Å². The van der Waals surface area contributed by atoms with Gasteiger partial charge in [0.25, 0.3) is 0 Å². The minimum absolute atomic E-state index is 0.287. The number of rotatable bonds is 6. The molecular formula is C31H29BrO3S. The summed E-state index contributed by atoms with van der Waals surface area (Å²) in [6.07, 6.45) is -0.636. The predicted molar refractivity (Wildman–Crippen MR) is 152 cm³/mol. The highest BCUT2D eigenvalue weighted by Gasteiger charge is 2.39. The van der Waals surface area contributed by atoms with Gasteiger partial charge in [-0.1, -0.05) is 76.1 Å². The number of carbonyl (C=O) groups is 1. The topological polar surface area (TPSA) is 46.5 Å². The van der Waals surface area contributed by atoms with Gasteiger partial charge < -0.3 is 9.84 Å². The lowest BCUT2D eigenvalue weighted by Gasteiger charge is -2.29. The van der Waals surface area contributed by atoms with Crippen molar-refractivity contribution in [1.82, 2.24) is 0 Å². The Balaban J connectivity index is 1.59. The first-order valence-electron chi connectivity index (χ1n) is 12.1. The van der Waals surface area contributed by atoms with E-state index in [4.69, 9.17) is 4.74 Å². The van der Waals surface area contributed by atoms with Gasteiger partial charge in [0, 0.05) is 16.8 Å². The molecule has 2 unspecified atom stereocenters. The van der Waals surface area contributed by atoms with Crippen LogP contribution in [0.4, 0.5) is 0 Å². The number of carboxylic acids is 1. The molecule has 1 N–H and O–H groups in total. The minimum atomic E-state index is -0.959. The van der Waals surface area contributed by atoms with Gasteiger partial charge in [-0.25, -0.2) is 4.79 Å². The summed E-state index contributed by atoms with van der Waals surface area (Å²) in [4.78, 5) is 13.4. The lowest BCUT2D eigenvalue weighted by atomic mass is 9.79. The molecule has 2 aliphatic rings. The van der Waals surface area contributed by atoms with Crippen molar-refractivity contribution in [2.75, 3.05) is 0 Å². The Bertz CT molecular complexity index is 1480. The quantitative estimate of drug-likeness (QED) is 0.394. The van der Waals surface area contributed by atoms with Crippen molar-refractivity contribution in [1.29, 1.82) is 0 Å². The van der Waals surface area contributed by atoms with Gasteiger partial charge in [0.1, 0.15) is 5.75 Å². The Kier molecular flexibility index (Phi) is 6.88. The minimum Gasteiger partial charge on any atom is -0.478 e. The van der Waals surface area contributed by atoms with E-state index in [1.54, 1.807) is 0 Å². The zero-order chi connectivity index (χ0) is 25.6. The average Bonchev–Trinajstić information content (AvgIpc) is 3.16. The third kappa shape index (κ3) is 4.44. The van der Waals surface area contributed by atoms with Crippen molar-refractivity contribution in [3.63, 3.8) is 0 Å². The zero-order valence-corrected chi connectivity index (χ0v) is 23.2. The maximum atomic E-state index is 12.1. The smallest absolute Gasteiger partial charge is 0.345 e. The van der Waals surface area contributed by atoms with E-state index in [1.807, 2.05) is 55.9 Å². The Labute approximate surface area is 224 Å². The molecule has 1 heterocycles. The van der Waals surface area contributed by atoms with Crippen LogP contribution < -0.4 is 15.2 Å². The monoisotopic (exact) mass is 560 g/mol. The van der Waals surface area contributed by atoms with Gasteiger partial charge in [0.2, 0.25) is 0 Å². The molecular weight excluding hydrogens is 532 g/mol. The van der Waals surface area contributed by atoms with Crippen LogP contribution in [0.2, 0.25) is 0 Å². The third-order valence-corrected chi connectivity index (χ3v) is 9.90. The molecule has 0 spiro atoms. The van der Waals surface area contributed by atoms with Gasteiger partial charge >= 0.3 is 5.97 Å². The molecule has 3 nitrogen and oxygen atoms in total. The molecule has 1 aliphatic carbocycles. The number of ether oxygens (including phenoxy) is 1. The van der Waals surface area contributed by atoms with E-state index in [0.29, 0.717) is 17.4 Å². The van der Waals surface area contributed by atoms with Gasteiger partial charge in [-0.2, -0.15) is 0 Å². The van der Waals surface area contributed by atoms with Crippen LogP contribution in [-0.4, -0.2) is 22.4 Å². The summed E-state index contributed by atoms with van der Waals surface area (Å²) in [5, 5.41) is 12.7. The van der Waals surface area contributed by atoms with Crippen LogP contribution >= 0.6 is 27.7 Å². The molecule has 3 atom stereocenters. The molecule has 0 saturated heterocycles. The first kappa shape index (κ1) is 24.9. The number of hydrogen-bond acceptors (Lipinski definition) is 3. The van der Waals surface area contributed by atoms with Gasteiger partial charge in [-0.05, 0) is 83.0 Å². The van der Waals surface area contributed by atoms with Crippen LogP contribution in [0, 0.1) is 19.8 Å². The van der Waals surface area contributed by atoms with E-state index in [1.165, 1.54) is 36.5 Å². The number of halogens is 1. The molecule has 0 saturated carbocycles. The molecule has 36 heavy (non-hydrogen) atoms. The second kappa shape index (κ2) is 9.95. The van der Waals surface area contributed by atoms with Gasteiger partial charge in [0.05, 0.1) is 5.25 Å². The summed E-state index contributed by atoms with van der Waals surface area (Å²) in [6, 6.07) is 22.6. The number of thioether (sulfide) groups is 1. The standard InChI is InChI=1S/C31H29BrO3S/c1-17-14-22(15-18(2)29(17)35-25(31(33)34)16-21-10-6-5-7-11-21)27-23-12-8-9-13-24(23)28(32)30-26(27)19(3)20(4)36-30/h5-15,25-26,30H,16H2,1-4H3,(H,33,34)/t25-,26?,30?/m1/s1. The van der Waals surface area contributed by atoms with E-state index >= 15 is 0 Å². The Morgan fingerprint density at radius 3 is 2.22 bits per heavy atom. The maximum Gasteiger partial charge on any atom is 0.345 e. The maximum absolute atomic E-state index is 12.1. The molecule has 1 aliphatic heterocycles. The number of carboxylic acid groups (broad SMARTS) is 1. The van der Waals surface area contributed by atoms with Crippen LogP contribution in [0.15, 0.2) is 77.2 Å². The number of fused-ring (bicyclic) bond motifs is 2. The fraction of sp³-hybridized carbons (Fsp3) is 0.258. The van der Waals surface area contributed by atoms with Crippen LogP contribution in [0.1, 0.15) is 36.1 Å². The highest BCUT2D eigenvalue weighted by atomic mass is 79.9. The van der Waals surface area contributed by atoms with Crippen LogP contribution in [0.5, 0.6) is 5.75 Å². The lowest BCUT2D eigenvalue weighted by molar-refractivity contribution is -0.145. The van der Waals surface area contributed by atoms with Crippen LogP contribution in [-0.2, 0) is 11.2 Å². The molecule has 0 fully saturated rings. The number of aliphatic carboxylic acids is 1. The Morgan fingerprint density at radius 2 is 1.58 bits per heavy atom. The normalized spacial score (nSPS) is 19.7. The SMILES string of the molecule is CC1=C(C)C2C(c3cc(C)c(O[C@H](Cc4ccccc4)C(=O)O)c(C)c3)=c3ccccc3=C(Br)C2S1. The average molecular weight is 562 g/mol. The molecule has 3 aromatic rings. The Morgan fingerprint density at radius 1 is 0.972 bits per heavy atom. The summed E-state index contributed by atoms with van der Waals surface area (Å²) >= 11 is 5.87. The second-order valence-corrected chi connectivity index (χ2v) is 11.8. The Hall–Kier alpha value is -2.76. The van der Waals surface area contributed by atoms with Gasteiger partial charge in [0.15, 0.2) is 6.10 Å². The molecule has 184 valence electrons.